The van der Waals surface area contributed by atoms with Gasteiger partial charge in [-0.3, -0.25) is 0 Å². The number of aromatic nitrogens is 3. The van der Waals surface area contributed by atoms with Crippen LogP contribution in [0.2, 0.25) is 0 Å². The molecule has 1 aromatic heterocycles. The number of halogens is 1. The molecule has 0 fully saturated rings. The van der Waals surface area contributed by atoms with Crippen molar-refractivity contribution in [2.24, 2.45) is 5.92 Å². The van der Waals surface area contributed by atoms with Crippen LogP contribution in [0.3, 0.4) is 0 Å². The quantitative estimate of drug-likeness (QED) is 0.652. The predicted molar refractivity (Wildman–Crippen MR) is 44.4 cm³/mol. The summed E-state index contributed by atoms with van der Waals surface area (Å²) in [5.41, 5.74) is 0. The van der Waals surface area contributed by atoms with Gasteiger partial charge in [-0.05, 0) is 5.92 Å². The maximum absolute atomic E-state index is 5.63. The Balaban J connectivity index is 2.68. The summed E-state index contributed by atoms with van der Waals surface area (Å²) in [7, 11) is 0. The van der Waals surface area contributed by atoms with Gasteiger partial charge in [-0.2, -0.15) is 0 Å². The van der Waals surface area contributed by atoms with Crippen molar-refractivity contribution in [3.8, 4) is 0 Å². The van der Waals surface area contributed by atoms with Crippen LogP contribution in [0, 0.1) is 5.92 Å². The van der Waals surface area contributed by atoms with E-state index in [1.165, 1.54) is 0 Å². The number of alkyl halides is 1. The fraction of sp³-hybridized carbons (Fsp3) is 0.714. The molecule has 0 saturated heterocycles. The van der Waals surface area contributed by atoms with Crippen molar-refractivity contribution < 1.29 is 0 Å². The first-order valence-electron chi connectivity index (χ1n) is 3.66. The molecule has 3 nitrogen and oxygen atoms in total. The largest absolute Gasteiger partial charge is 0.316 e. The van der Waals surface area contributed by atoms with Crippen LogP contribution in [0.25, 0.3) is 0 Å². The average molecular weight is 174 g/mol. The molecular formula is C7H12ClN3. The van der Waals surface area contributed by atoms with E-state index < -0.39 is 0 Å². The number of nitrogens with zero attached hydrogens (tertiary/aromatic N) is 3. The van der Waals surface area contributed by atoms with E-state index >= 15 is 0 Å². The van der Waals surface area contributed by atoms with E-state index in [0.29, 0.717) is 11.8 Å². The Hall–Kier alpha value is -0.570. The molecule has 1 aromatic rings. The second-order valence-corrected chi connectivity index (χ2v) is 3.19. The highest BCUT2D eigenvalue weighted by molar-refractivity contribution is 6.16. The monoisotopic (exact) mass is 173 g/mol. The summed E-state index contributed by atoms with van der Waals surface area (Å²) in [5, 5.41) is 7.64. The highest BCUT2D eigenvalue weighted by atomic mass is 35.5. The summed E-state index contributed by atoms with van der Waals surface area (Å²) in [5.74, 6) is 1.89. The van der Waals surface area contributed by atoms with E-state index in [0.717, 1.165) is 12.4 Å². The first-order chi connectivity index (χ1) is 5.24. The van der Waals surface area contributed by atoms with E-state index in [1.54, 1.807) is 6.33 Å². The zero-order valence-electron chi connectivity index (χ0n) is 6.79. The van der Waals surface area contributed by atoms with Gasteiger partial charge in [0.15, 0.2) is 0 Å². The van der Waals surface area contributed by atoms with Crippen LogP contribution in [-0.2, 0) is 12.4 Å². The molecule has 62 valence electrons. The third kappa shape index (κ3) is 2.19. The number of hydrogen-bond acceptors (Lipinski definition) is 2. The lowest BCUT2D eigenvalue weighted by molar-refractivity contribution is 0.512. The van der Waals surface area contributed by atoms with Crippen LogP contribution in [0.1, 0.15) is 19.7 Å². The summed E-state index contributed by atoms with van der Waals surface area (Å²) in [6.07, 6.45) is 1.72. The van der Waals surface area contributed by atoms with Crippen LogP contribution >= 0.6 is 11.6 Å². The lowest BCUT2D eigenvalue weighted by Gasteiger charge is -2.06. The Bertz CT molecular complexity index is 219. The van der Waals surface area contributed by atoms with Crippen LogP contribution in [0.15, 0.2) is 6.33 Å². The van der Waals surface area contributed by atoms with E-state index in [-0.39, 0.29) is 0 Å². The smallest absolute Gasteiger partial charge is 0.147 e. The molecule has 0 saturated carbocycles. The normalized spacial score (nSPS) is 10.9. The van der Waals surface area contributed by atoms with E-state index in [9.17, 15) is 0 Å². The first-order valence-corrected chi connectivity index (χ1v) is 4.20. The molecule has 0 amide bonds. The van der Waals surface area contributed by atoms with Gasteiger partial charge >= 0.3 is 0 Å². The standard InChI is InChI=1S/C7H12ClN3/c1-6(2)4-11-5-9-10-7(11)3-8/h5-6H,3-4H2,1-2H3. The molecule has 11 heavy (non-hydrogen) atoms. The third-order valence-electron chi connectivity index (χ3n) is 1.38. The summed E-state index contributed by atoms with van der Waals surface area (Å²) in [4.78, 5) is 0. The van der Waals surface area contributed by atoms with Crippen molar-refractivity contribution in [1.29, 1.82) is 0 Å². The molecule has 0 radical (unpaired) electrons. The maximum atomic E-state index is 5.63. The molecule has 0 N–H and O–H groups in total. The lowest BCUT2D eigenvalue weighted by atomic mass is 10.2. The summed E-state index contributed by atoms with van der Waals surface area (Å²) in [6, 6.07) is 0. The molecular weight excluding hydrogens is 162 g/mol. The van der Waals surface area contributed by atoms with Crippen molar-refractivity contribution >= 4 is 11.6 Å². The van der Waals surface area contributed by atoms with Gasteiger partial charge in [-0.15, -0.1) is 21.8 Å². The molecule has 0 aliphatic rings. The molecule has 0 spiro atoms. The molecule has 0 aromatic carbocycles. The van der Waals surface area contributed by atoms with Crippen molar-refractivity contribution in [2.75, 3.05) is 0 Å². The van der Waals surface area contributed by atoms with Crippen molar-refractivity contribution in [3.05, 3.63) is 12.2 Å². The van der Waals surface area contributed by atoms with Crippen LogP contribution in [0.4, 0.5) is 0 Å². The van der Waals surface area contributed by atoms with Crippen LogP contribution < -0.4 is 0 Å². The molecule has 1 rings (SSSR count). The van der Waals surface area contributed by atoms with Crippen molar-refractivity contribution in [3.63, 3.8) is 0 Å². The van der Waals surface area contributed by atoms with Gasteiger partial charge in [0.25, 0.3) is 0 Å². The molecule has 1 heterocycles. The zero-order chi connectivity index (χ0) is 8.27. The van der Waals surface area contributed by atoms with Crippen molar-refractivity contribution in [1.82, 2.24) is 14.8 Å². The average Bonchev–Trinajstić information content (AvgIpc) is 2.34. The highest BCUT2D eigenvalue weighted by Crippen LogP contribution is 2.03. The summed E-state index contributed by atoms with van der Waals surface area (Å²) < 4.78 is 1.98. The first kappa shape index (κ1) is 8.53. The van der Waals surface area contributed by atoms with Gasteiger partial charge in [0.2, 0.25) is 0 Å². The van der Waals surface area contributed by atoms with Crippen LogP contribution in [0.5, 0.6) is 0 Å². The molecule has 0 unspecified atom stereocenters. The minimum atomic E-state index is 0.437. The molecule has 0 aliphatic carbocycles. The molecule has 0 aliphatic heterocycles. The Morgan fingerprint density at radius 3 is 2.91 bits per heavy atom. The Morgan fingerprint density at radius 1 is 1.64 bits per heavy atom. The minimum Gasteiger partial charge on any atom is -0.316 e. The lowest BCUT2D eigenvalue weighted by Crippen LogP contribution is -2.06. The minimum absolute atomic E-state index is 0.437. The Kier molecular flexibility index (Phi) is 2.88. The van der Waals surface area contributed by atoms with E-state index in [4.69, 9.17) is 11.6 Å². The van der Waals surface area contributed by atoms with Gasteiger partial charge in [-0.25, -0.2) is 0 Å². The number of hydrogen-bond donors (Lipinski definition) is 0. The van der Waals surface area contributed by atoms with E-state index in [2.05, 4.69) is 24.0 Å². The van der Waals surface area contributed by atoms with Gasteiger partial charge in [0.1, 0.15) is 12.2 Å². The topological polar surface area (TPSA) is 30.7 Å². The SMILES string of the molecule is CC(C)Cn1cnnc1CCl. The zero-order valence-corrected chi connectivity index (χ0v) is 7.54. The molecule has 4 heteroatoms. The fourth-order valence-electron chi connectivity index (χ4n) is 0.928. The van der Waals surface area contributed by atoms with Gasteiger partial charge in [0, 0.05) is 6.54 Å². The molecule has 0 atom stereocenters. The molecule has 0 bridgehead atoms. The third-order valence-corrected chi connectivity index (χ3v) is 1.62. The second-order valence-electron chi connectivity index (χ2n) is 2.93. The Morgan fingerprint density at radius 2 is 2.36 bits per heavy atom. The van der Waals surface area contributed by atoms with Crippen LogP contribution in [-0.4, -0.2) is 14.8 Å². The van der Waals surface area contributed by atoms with Gasteiger partial charge in [0.05, 0.1) is 5.88 Å². The van der Waals surface area contributed by atoms with E-state index in [1.807, 2.05) is 4.57 Å². The van der Waals surface area contributed by atoms with Gasteiger partial charge in [-0.1, -0.05) is 13.8 Å². The summed E-state index contributed by atoms with van der Waals surface area (Å²) >= 11 is 5.63. The summed E-state index contributed by atoms with van der Waals surface area (Å²) in [6.45, 7) is 5.24. The predicted octanol–water partition coefficient (Wildman–Crippen LogP) is 1.67. The second kappa shape index (κ2) is 3.72. The fourth-order valence-corrected chi connectivity index (χ4v) is 1.14. The van der Waals surface area contributed by atoms with Gasteiger partial charge < -0.3 is 4.57 Å². The highest BCUT2D eigenvalue weighted by Gasteiger charge is 2.03. The number of rotatable bonds is 3. The maximum Gasteiger partial charge on any atom is 0.147 e. The Labute approximate surface area is 71.4 Å². The van der Waals surface area contributed by atoms with Crippen molar-refractivity contribution in [2.45, 2.75) is 26.3 Å².